The Kier molecular flexibility index (Phi) is 4.33. The Hall–Kier alpha value is -2.27. The summed E-state index contributed by atoms with van der Waals surface area (Å²) in [5.41, 5.74) is 2.12. The van der Waals surface area contributed by atoms with E-state index in [1.807, 2.05) is 0 Å². The first-order valence-electron chi connectivity index (χ1n) is 6.28. The number of halogens is 1. The van der Waals surface area contributed by atoms with Crippen LogP contribution in [0.2, 0.25) is 5.02 Å². The van der Waals surface area contributed by atoms with E-state index in [-0.39, 0.29) is 5.56 Å². The molecule has 0 unspecified atom stereocenters. The van der Waals surface area contributed by atoms with Gasteiger partial charge in [0.15, 0.2) is 0 Å². The van der Waals surface area contributed by atoms with Gasteiger partial charge >= 0.3 is 5.97 Å². The van der Waals surface area contributed by atoms with Crippen LogP contribution in [0.3, 0.4) is 0 Å². The molecule has 1 aromatic heterocycles. The molecule has 0 fully saturated rings. The fourth-order valence-corrected chi connectivity index (χ4v) is 2.22. The zero-order valence-corrected chi connectivity index (χ0v) is 12.7. The van der Waals surface area contributed by atoms with E-state index in [1.165, 1.54) is 17.9 Å². The number of methoxy groups -OCH3 is 1. The molecule has 0 saturated heterocycles. The monoisotopic (exact) mass is 306 g/mol. The first kappa shape index (κ1) is 15.1. The van der Waals surface area contributed by atoms with Crippen LogP contribution in [0.4, 0.5) is 0 Å². The molecule has 0 spiro atoms. The number of carbonyl (C=O) groups is 1. The summed E-state index contributed by atoms with van der Waals surface area (Å²) in [4.78, 5) is 23.8. The highest BCUT2D eigenvalue weighted by molar-refractivity contribution is 6.30. The molecule has 5 nitrogen and oxygen atoms in total. The second-order valence-corrected chi connectivity index (χ2v) is 5.02. The van der Waals surface area contributed by atoms with Gasteiger partial charge < -0.3 is 4.74 Å². The molecule has 0 bridgehead atoms. The van der Waals surface area contributed by atoms with Crippen molar-refractivity contribution in [3.05, 3.63) is 57.0 Å². The predicted molar refractivity (Wildman–Crippen MR) is 81.8 cm³/mol. The number of aryl methyl sites for hydroxylation is 1. The highest BCUT2D eigenvalue weighted by atomic mass is 35.5. The van der Waals surface area contributed by atoms with Gasteiger partial charge in [0.1, 0.15) is 0 Å². The minimum absolute atomic E-state index is 0.229. The van der Waals surface area contributed by atoms with Crippen LogP contribution in [0.5, 0.6) is 0 Å². The van der Waals surface area contributed by atoms with E-state index in [0.717, 1.165) is 0 Å². The molecule has 6 heteroatoms. The molecule has 1 heterocycles. The van der Waals surface area contributed by atoms with Gasteiger partial charge in [0.25, 0.3) is 5.56 Å². The van der Waals surface area contributed by atoms with Crippen LogP contribution in [0.25, 0.3) is 11.3 Å². The van der Waals surface area contributed by atoms with E-state index >= 15 is 0 Å². The van der Waals surface area contributed by atoms with Gasteiger partial charge in [-0.05, 0) is 43.7 Å². The van der Waals surface area contributed by atoms with E-state index in [4.69, 9.17) is 11.6 Å². The Labute approximate surface area is 126 Å². The van der Waals surface area contributed by atoms with Crippen LogP contribution in [-0.4, -0.2) is 22.9 Å². The maximum absolute atomic E-state index is 12.5. The number of H-pyrrole nitrogens is 1. The number of nitrogens with one attached hydrogen (secondary N) is 1. The van der Waals surface area contributed by atoms with Gasteiger partial charge in [-0.1, -0.05) is 11.6 Å². The van der Waals surface area contributed by atoms with Crippen molar-refractivity contribution >= 4 is 23.1 Å². The van der Waals surface area contributed by atoms with Crippen LogP contribution in [-0.2, 0) is 9.53 Å². The zero-order valence-electron chi connectivity index (χ0n) is 11.9. The summed E-state index contributed by atoms with van der Waals surface area (Å²) in [6.45, 7) is 3.47. The molecular weight excluding hydrogens is 292 g/mol. The van der Waals surface area contributed by atoms with Gasteiger partial charge in [-0.15, -0.1) is 0 Å². The standard InChI is InChI=1S/C15H15ClN2O3/c1-9(8-13(19)21-3)14-10(2)17-18(15(14)20)12-6-4-11(16)5-7-12/h4-8,17H,1-3H3/b9-8+. The molecule has 0 aliphatic heterocycles. The van der Waals surface area contributed by atoms with Crippen LogP contribution in [0, 0.1) is 6.92 Å². The minimum Gasteiger partial charge on any atom is -0.466 e. The molecule has 0 aliphatic carbocycles. The average Bonchev–Trinajstić information content (AvgIpc) is 2.74. The lowest BCUT2D eigenvalue weighted by molar-refractivity contribution is -0.134. The van der Waals surface area contributed by atoms with E-state index < -0.39 is 5.97 Å². The molecular formula is C15H15ClN2O3. The number of hydrogen-bond acceptors (Lipinski definition) is 3. The zero-order chi connectivity index (χ0) is 15.6. The molecule has 1 aromatic carbocycles. The predicted octanol–water partition coefficient (Wildman–Crippen LogP) is 2.70. The van der Waals surface area contributed by atoms with Gasteiger partial charge in [0, 0.05) is 16.8 Å². The quantitative estimate of drug-likeness (QED) is 0.700. The second-order valence-electron chi connectivity index (χ2n) is 4.58. The molecule has 0 radical (unpaired) electrons. The third-order valence-electron chi connectivity index (χ3n) is 3.09. The third kappa shape index (κ3) is 3.08. The van der Waals surface area contributed by atoms with E-state index in [1.54, 1.807) is 38.1 Å². The fraction of sp³-hybridized carbons (Fsp3) is 0.200. The van der Waals surface area contributed by atoms with Gasteiger partial charge in [-0.2, -0.15) is 0 Å². The third-order valence-corrected chi connectivity index (χ3v) is 3.34. The van der Waals surface area contributed by atoms with Crippen LogP contribution < -0.4 is 5.56 Å². The summed E-state index contributed by atoms with van der Waals surface area (Å²) in [7, 11) is 1.29. The lowest BCUT2D eigenvalue weighted by atomic mass is 10.1. The molecule has 21 heavy (non-hydrogen) atoms. The maximum atomic E-state index is 12.5. The number of ether oxygens (including phenoxy) is 1. The van der Waals surface area contributed by atoms with Crippen molar-refractivity contribution in [1.29, 1.82) is 0 Å². The number of nitrogens with zero attached hydrogens (tertiary/aromatic N) is 1. The number of aromatic amines is 1. The molecule has 2 aromatic rings. The summed E-state index contributed by atoms with van der Waals surface area (Å²) in [6, 6.07) is 6.89. The summed E-state index contributed by atoms with van der Waals surface area (Å²) < 4.78 is 5.99. The van der Waals surface area contributed by atoms with Crippen LogP contribution in [0.1, 0.15) is 18.2 Å². The topological polar surface area (TPSA) is 64.1 Å². The summed E-state index contributed by atoms with van der Waals surface area (Å²) >= 11 is 5.84. The minimum atomic E-state index is -0.495. The SMILES string of the molecule is COC(=O)/C=C(\C)c1c(C)[nH]n(-c2ccc(Cl)cc2)c1=O. The van der Waals surface area contributed by atoms with E-state index in [9.17, 15) is 9.59 Å². The fourth-order valence-electron chi connectivity index (χ4n) is 2.09. The van der Waals surface area contributed by atoms with Crippen molar-refractivity contribution < 1.29 is 9.53 Å². The van der Waals surface area contributed by atoms with Crippen molar-refractivity contribution in [2.24, 2.45) is 0 Å². The maximum Gasteiger partial charge on any atom is 0.330 e. The van der Waals surface area contributed by atoms with E-state index in [2.05, 4.69) is 9.84 Å². The Morgan fingerprint density at radius 3 is 2.52 bits per heavy atom. The summed E-state index contributed by atoms with van der Waals surface area (Å²) in [6.07, 6.45) is 1.30. The molecule has 2 rings (SSSR count). The molecule has 1 N–H and O–H groups in total. The van der Waals surface area contributed by atoms with Gasteiger partial charge in [-0.3, -0.25) is 9.89 Å². The Bertz CT molecular complexity index is 754. The summed E-state index contributed by atoms with van der Waals surface area (Å²) in [5, 5.41) is 3.58. The Morgan fingerprint density at radius 1 is 1.33 bits per heavy atom. The van der Waals surface area contributed by atoms with Gasteiger partial charge in [0.2, 0.25) is 0 Å². The Morgan fingerprint density at radius 2 is 1.95 bits per heavy atom. The molecule has 0 saturated carbocycles. The first-order valence-corrected chi connectivity index (χ1v) is 6.66. The molecule has 110 valence electrons. The highest BCUT2D eigenvalue weighted by Gasteiger charge is 2.14. The molecule has 0 atom stereocenters. The highest BCUT2D eigenvalue weighted by Crippen LogP contribution is 2.16. The Balaban J connectivity index is 2.52. The van der Waals surface area contributed by atoms with Crippen molar-refractivity contribution in [2.75, 3.05) is 7.11 Å². The smallest absolute Gasteiger partial charge is 0.330 e. The molecule has 0 amide bonds. The van der Waals surface area contributed by atoms with Crippen molar-refractivity contribution in [1.82, 2.24) is 9.78 Å². The van der Waals surface area contributed by atoms with Crippen molar-refractivity contribution in [3.8, 4) is 5.69 Å². The average molecular weight is 307 g/mol. The molecule has 0 aliphatic rings. The van der Waals surface area contributed by atoms with Crippen LogP contribution in [0.15, 0.2) is 35.1 Å². The second kappa shape index (κ2) is 6.01. The number of rotatable bonds is 3. The number of esters is 1. The summed E-state index contributed by atoms with van der Waals surface area (Å²) in [5.74, 6) is -0.495. The van der Waals surface area contributed by atoms with Gasteiger partial charge in [0.05, 0.1) is 18.4 Å². The lowest BCUT2D eigenvalue weighted by Crippen LogP contribution is -2.17. The largest absolute Gasteiger partial charge is 0.466 e. The van der Waals surface area contributed by atoms with E-state index in [0.29, 0.717) is 27.5 Å². The lowest BCUT2D eigenvalue weighted by Gasteiger charge is -2.01. The van der Waals surface area contributed by atoms with Gasteiger partial charge in [-0.25, -0.2) is 9.48 Å². The first-order chi connectivity index (χ1) is 9.93. The number of allylic oxidation sites excluding steroid dienone is 1. The van der Waals surface area contributed by atoms with Crippen molar-refractivity contribution in [2.45, 2.75) is 13.8 Å². The number of carbonyl (C=O) groups excluding carboxylic acids is 1. The number of aromatic nitrogens is 2. The van der Waals surface area contributed by atoms with Crippen LogP contribution >= 0.6 is 11.6 Å². The normalized spacial score (nSPS) is 11.5. The number of benzene rings is 1. The number of hydrogen-bond donors (Lipinski definition) is 1. The van der Waals surface area contributed by atoms with Crippen molar-refractivity contribution in [3.63, 3.8) is 0 Å².